The lowest BCUT2D eigenvalue weighted by Gasteiger charge is -2.34. The molecule has 0 N–H and O–H groups in total. The molecule has 0 bridgehead atoms. The zero-order valence-electron chi connectivity index (χ0n) is 15.5. The minimum atomic E-state index is 0.0998. The summed E-state index contributed by atoms with van der Waals surface area (Å²) in [7, 11) is 1.65. The highest BCUT2D eigenvalue weighted by atomic mass is 16.5. The average molecular weight is 350 g/mol. The molecule has 2 aromatic carbocycles. The summed E-state index contributed by atoms with van der Waals surface area (Å²) in [5.41, 5.74) is 2.68. The lowest BCUT2D eigenvalue weighted by Crippen LogP contribution is -2.48. The number of carbonyl (C=O) groups is 1. The van der Waals surface area contributed by atoms with Crippen LogP contribution in [0.1, 0.15) is 18.1 Å². The third-order valence-electron chi connectivity index (χ3n) is 4.85. The topological polar surface area (TPSA) is 32.8 Å². The molecule has 4 heteroatoms. The van der Waals surface area contributed by atoms with E-state index in [0.29, 0.717) is 0 Å². The zero-order valence-corrected chi connectivity index (χ0v) is 15.5. The highest BCUT2D eigenvalue weighted by Crippen LogP contribution is 2.23. The van der Waals surface area contributed by atoms with E-state index in [-0.39, 0.29) is 5.91 Å². The van der Waals surface area contributed by atoms with Crippen LogP contribution in [0.5, 0.6) is 5.75 Å². The fraction of sp³-hybridized carbons (Fsp3) is 0.318. The molecule has 136 valence electrons. The van der Waals surface area contributed by atoms with Gasteiger partial charge in [0.2, 0.25) is 0 Å². The molecule has 0 aliphatic carbocycles. The van der Waals surface area contributed by atoms with E-state index < -0.39 is 0 Å². The summed E-state index contributed by atoms with van der Waals surface area (Å²) in [6.45, 7) is 6.63. The van der Waals surface area contributed by atoms with Gasteiger partial charge in [0, 0.05) is 31.8 Å². The average Bonchev–Trinajstić information content (AvgIpc) is 2.72. The lowest BCUT2D eigenvalue weighted by atomic mass is 10.0. The second-order valence-corrected chi connectivity index (χ2v) is 6.42. The molecule has 26 heavy (non-hydrogen) atoms. The minimum Gasteiger partial charge on any atom is -0.497 e. The smallest absolute Gasteiger partial charge is 0.254 e. The number of rotatable bonds is 5. The second kappa shape index (κ2) is 8.68. The van der Waals surface area contributed by atoms with E-state index in [9.17, 15) is 4.79 Å². The Labute approximate surface area is 155 Å². The van der Waals surface area contributed by atoms with Gasteiger partial charge in [-0.15, -0.1) is 0 Å². The first-order chi connectivity index (χ1) is 12.7. The van der Waals surface area contributed by atoms with Crippen LogP contribution in [0.25, 0.3) is 11.6 Å². The first-order valence-electron chi connectivity index (χ1n) is 9.14. The summed E-state index contributed by atoms with van der Waals surface area (Å²) in [5, 5.41) is 0. The van der Waals surface area contributed by atoms with Crippen LogP contribution >= 0.6 is 0 Å². The molecule has 4 nitrogen and oxygen atoms in total. The molecule has 1 aliphatic rings. The van der Waals surface area contributed by atoms with Crippen molar-refractivity contribution < 1.29 is 9.53 Å². The second-order valence-electron chi connectivity index (χ2n) is 6.42. The van der Waals surface area contributed by atoms with Crippen molar-refractivity contribution in [1.82, 2.24) is 9.80 Å². The number of nitrogens with zero attached hydrogens (tertiary/aromatic N) is 2. The van der Waals surface area contributed by atoms with Crippen molar-refractivity contribution in [2.24, 2.45) is 0 Å². The number of ether oxygens (including phenoxy) is 1. The highest BCUT2D eigenvalue weighted by molar-refractivity contribution is 6.24. The number of hydrogen-bond donors (Lipinski definition) is 0. The van der Waals surface area contributed by atoms with E-state index in [1.54, 1.807) is 7.11 Å². The summed E-state index contributed by atoms with van der Waals surface area (Å²) < 4.78 is 5.22. The molecular formula is C22H26N2O2. The Balaban J connectivity index is 1.88. The van der Waals surface area contributed by atoms with Gasteiger partial charge in [-0.25, -0.2) is 0 Å². The molecule has 0 radical (unpaired) electrons. The number of benzene rings is 2. The van der Waals surface area contributed by atoms with Crippen LogP contribution in [0.3, 0.4) is 0 Å². The Morgan fingerprint density at radius 2 is 1.65 bits per heavy atom. The van der Waals surface area contributed by atoms with Crippen LogP contribution in [-0.2, 0) is 4.79 Å². The number of methoxy groups -OCH3 is 1. The van der Waals surface area contributed by atoms with Crippen LogP contribution in [-0.4, -0.2) is 55.5 Å². The molecular weight excluding hydrogens is 324 g/mol. The SMILES string of the molecule is CCN1CCN(C(=O)/C(=C/c2ccc(OC)cc2)c2ccccc2)CC1. The standard InChI is InChI=1S/C22H26N2O2/c1-3-23-13-15-24(16-14-23)22(25)21(19-7-5-4-6-8-19)17-18-9-11-20(26-2)12-10-18/h4-12,17H,3,13-16H2,1-2H3/b21-17+. The third kappa shape index (κ3) is 4.33. The number of piperazine rings is 1. The monoisotopic (exact) mass is 350 g/mol. The molecule has 0 saturated carbocycles. The van der Waals surface area contributed by atoms with Gasteiger partial charge in [0.15, 0.2) is 0 Å². The van der Waals surface area contributed by atoms with Crippen molar-refractivity contribution in [3.63, 3.8) is 0 Å². The lowest BCUT2D eigenvalue weighted by molar-refractivity contribution is -0.126. The van der Waals surface area contributed by atoms with Gasteiger partial charge < -0.3 is 14.5 Å². The number of hydrogen-bond acceptors (Lipinski definition) is 3. The van der Waals surface area contributed by atoms with Crippen LogP contribution in [0.15, 0.2) is 54.6 Å². The van der Waals surface area contributed by atoms with Crippen LogP contribution in [0, 0.1) is 0 Å². The first-order valence-corrected chi connectivity index (χ1v) is 9.14. The normalized spacial score (nSPS) is 15.8. The predicted octanol–water partition coefficient (Wildman–Crippen LogP) is 3.40. The largest absolute Gasteiger partial charge is 0.497 e. The number of carbonyl (C=O) groups excluding carboxylic acids is 1. The van der Waals surface area contributed by atoms with E-state index in [1.165, 1.54) is 0 Å². The summed E-state index contributed by atoms with van der Waals surface area (Å²) in [6, 6.07) is 17.7. The number of likely N-dealkylation sites (N-methyl/N-ethyl adjacent to an activating group) is 1. The molecule has 0 atom stereocenters. The Morgan fingerprint density at radius 1 is 1.00 bits per heavy atom. The van der Waals surface area contributed by atoms with Crippen LogP contribution in [0.2, 0.25) is 0 Å². The van der Waals surface area contributed by atoms with Gasteiger partial charge in [0.1, 0.15) is 5.75 Å². The summed E-state index contributed by atoms with van der Waals surface area (Å²) in [6.07, 6.45) is 1.98. The highest BCUT2D eigenvalue weighted by Gasteiger charge is 2.23. The molecule has 1 saturated heterocycles. The van der Waals surface area contributed by atoms with Gasteiger partial charge in [-0.3, -0.25) is 4.79 Å². The Bertz CT molecular complexity index is 745. The molecule has 1 heterocycles. The molecule has 0 spiro atoms. The molecule has 3 rings (SSSR count). The molecule has 0 aromatic heterocycles. The fourth-order valence-electron chi connectivity index (χ4n) is 3.19. The minimum absolute atomic E-state index is 0.0998. The quantitative estimate of drug-likeness (QED) is 0.612. The molecule has 1 amide bonds. The number of amides is 1. The van der Waals surface area contributed by atoms with E-state index in [0.717, 1.165) is 55.2 Å². The third-order valence-corrected chi connectivity index (χ3v) is 4.85. The van der Waals surface area contributed by atoms with E-state index in [4.69, 9.17) is 4.74 Å². The van der Waals surface area contributed by atoms with Crippen LogP contribution < -0.4 is 4.74 Å². The van der Waals surface area contributed by atoms with Gasteiger partial charge in [0.25, 0.3) is 5.91 Å². The van der Waals surface area contributed by atoms with E-state index >= 15 is 0 Å². The van der Waals surface area contributed by atoms with Gasteiger partial charge in [-0.1, -0.05) is 49.4 Å². The van der Waals surface area contributed by atoms with Crippen LogP contribution in [0.4, 0.5) is 0 Å². The Hall–Kier alpha value is -2.59. The zero-order chi connectivity index (χ0) is 18.4. The molecule has 1 aliphatic heterocycles. The van der Waals surface area contributed by atoms with Crippen molar-refractivity contribution >= 4 is 17.6 Å². The Kier molecular flexibility index (Phi) is 6.08. The van der Waals surface area contributed by atoms with E-state index in [2.05, 4.69) is 11.8 Å². The predicted molar refractivity (Wildman–Crippen MR) is 106 cm³/mol. The maximum Gasteiger partial charge on any atom is 0.254 e. The molecule has 1 fully saturated rings. The van der Waals surface area contributed by atoms with Crippen molar-refractivity contribution in [3.05, 3.63) is 65.7 Å². The Morgan fingerprint density at radius 3 is 2.23 bits per heavy atom. The maximum absolute atomic E-state index is 13.2. The van der Waals surface area contributed by atoms with Crippen molar-refractivity contribution in [2.75, 3.05) is 39.8 Å². The fourth-order valence-corrected chi connectivity index (χ4v) is 3.19. The summed E-state index contributed by atoms with van der Waals surface area (Å²) >= 11 is 0. The van der Waals surface area contributed by atoms with Crippen molar-refractivity contribution in [1.29, 1.82) is 0 Å². The van der Waals surface area contributed by atoms with Gasteiger partial charge in [-0.05, 0) is 35.9 Å². The maximum atomic E-state index is 13.2. The summed E-state index contributed by atoms with van der Waals surface area (Å²) in [5.74, 6) is 0.910. The van der Waals surface area contributed by atoms with Crippen molar-refractivity contribution in [2.45, 2.75) is 6.92 Å². The molecule has 0 unspecified atom stereocenters. The van der Waals surface area contributed by atoms with Gasteiger partial charge >= 0.3 is 0 Å². The van der Waals surface area contributed by atoms with Gasteiger partial charge in [0.05, 0.1) is 7.11 Å². The van der Waals surface area contributed by atoms with E-state index in [1.807, 2.05) is 65.6 Å². The first kappa shape index (κ1) is 18.2. The van der Waals surface area contributed by atoms with Crippen molar-refractivity contribution in [3.8, 4) is 5.75 Å². The van der Waals surface area contributed by atoms with Gasteiger partial charge in [-0.2, -0.15) is 0 Å². The summed E-state index contributed by atoms with van der Waals surface area (Å²) in [4.78, 5) is 17.6. The molecule has 2 aromatic rings.